The Balaban J connectivity index is 1.51. The molecule has 1 aromatic carbocycles. The van der Waals surface area contributed by atoms with Gasteiger partial charge in [0.15, 0.2) is 0 Å². The standard InChI is InChI=1S/C16H22N2O2/c1-20-15-6-4-12(5-7-15)18-16(19)10-11-8-13-2-3-14(9-11)17-13/h4-7,11,13-14,17H,2-3,8-10H2,1H3,(H,18,19). The van der Waals surface area contributed by atoms with Gasteiger partial charge in [0, 0.05) is 24.2 Å². The predicted octanol–water partition coefficient (Wildman–Crippen LogP) is 2.55. The third kappa shape index (κ3) is 3.12. The van der Waals surface area contributed by atoms with Crippen molar-refractivity contribution < 1.29 is 9.53 Å². The van der Waals surface area contributed by atoms with Gasteiger partial charge in [0.25, 0.3) is 0 Å². The minimum absolute atomic E-state index is 0.126. The first-order valence-electron chi connectivity index (χ1n) is 7.43. The summed E-state index contributed by atoms with van der Waals surface area (Å²) in [5, 5.41) is 6.59. The van der Waals surface area contributed by atoms with Crippen LogP contribution < -0.4 is 15.4 Å². The van der Waals surface area contributed by atoms with E-state index in [4.69, 9.17) is 4.74 Å². The number of carbonyl (C=O) groups is 1. The van der Waals surface area contributed by atoms with Crippen LogP contribution in [0.1, 0.15) is 32.1 Å². The predicted molar refractivity (Wildman–Crippen MR) is 78.9 cm³/mol. The van der Waals surface area contributed by atoms with Gasteiger partial charge in [-0.05, 0) is 55.9 Å². The van der Waals surface area contributed by atoms with Crippen molar-refractivity contribution in [2.75, 3.05) is 12.4 Å². The number of amides is 1. The molecule has 1 aromatic rings. The molecule has 2 atom stereocenters. The fraction of sp³-hybridized carbons (Fsp3) is 0.562. The summed E-state index contributed by atoms with van der Waals surface area (Å²) in [5.74, 6) is 1.46. The number of rotatable bonds is 4. The maximum atomic E-state index is 12.1. The van der Waals surface area contributed by atoms with Gasteiger partial charge in [-0.3, -0.25) is 4.79 Å². The number of piperidine rings is 1. The van der Waals surface area contributed by atoms with E-state index in [0.717, 1.165) is 24.3 Å². The van der Waals surface area contributed by atoms with Crippen molar-refractivity contribution in [3.05, 3.63) is 24.3 Å². The normalized spacial score (nSPS) is 28.1. The maximum Gasteiger partial charge on any atom is 0.224 e. The summed E-state index contributed by atoms with van der Waals surface area (Å²) in [4.78, 5) is 12.1. The molecule has 108 valence electrons. The molecule has 2 N–H and O–H groups in total. The minimum atomic E-state index is 0.126. The van der Waals surface area contributed by atoms with Gasteiger partial charge in [-0.2, -0.15) is 0 Å². The first kappa shape index (κ1) is 13.4. The van der Waals surface area contributed by atoms with Gasteiger partial charge in [-0.15, -0.1) is 0 Å². The van der Waals surface area contributed by atoms with E-state index in [2.05, 4.69) is 10.6 Å². The summed E-state index contributed by atoms with van der Waals surface area (Å²) in [6, 6.07) is 8.77. The highest BCUT2D eigenvalue weighted by Crippen LogP contribution is 2.32. The Labute approximate surface area is 119 Å². The summed E-state index contributed by atoms with van der Waals surface area (Å²) in [6.07, 6.45) is 5.49. The largest absolute Gasteiger partial charge is 0.497 e. The zero-order valence-corrected chi connectivity index (χ0v) is 11.9. The van der Waals surface area contributed by atoms with Crippen LogP contribution in [0.2, 0.25) is 0 Å². The number of benzene rings is 1. The second kappa shape index (κ2) is 5.83. The first-order chi connectivity index (χ1) is 9.72. The molecule has 1 amide bonds. The van der Waals surface area contributed by atoms with Crippen LogP contribution in [0.3, 0.4) is 0 Å². The van der Waals surface area contributed by atoms with Crippen LogP contribution >= 0.6 is 0 Å². The van der Waals surface area contributed by atoms with Crippen LogP contribution in [0.5, 0.6) is 5.75 Å². The Morgan fingerprint density at radius 3 is 2.50 bits per heavy atom. The van der Waals surface area contributed by atoms with Crippen LogP contribution in [0, 0.1) is 5.92 Å². The number of carbonyl (C=O) groups excluding carboxylic acids is 1. The van der Waals surface area contributed by atoms with Crippen LogP contribution in [0.4, 0.5) is 5.69 Å². The van der Waals surface area contributed by atoms with Crippen molar-refractivity contribution in [2.45, 2.75) is 44.2 Å². The third-order valence-electron chi connectivity index (χ3n) is 4.42. The van der Waals surface area contributed by atoms with Crippen molar-refractivity contribution in [2.24, 2.45) is 5.92 Å². The highest BCUT2D eigenvalue weighted by atomic mass is 16.5. The topological polar surface area (TPSA) is 50.4 Å². The molecule has 0 aliphatic carbocycles. The molecule has 4 nitrogen and oxygen atoms in total. The van der Waals surface area contributed by atoms with Crippen LogP contribution in [0.15, 0.2) is 24.3 Å². The first-order valence-corrected chi connectivity index (χ1v) is 7.43. The SMILES string of the molecule is COc1ccc(NC(=O)CC2CC3CCC(C2)N3)cc1. The molecule has 20 heavy (non-hydrogen) atoms. The lowest BCUT2D eigenvalue weighted by Gasteiger charge is -2.28. The lowest BCUT2D eigenvalue weighted by molar-refractivity contribution is -0.117. The quantitative estimate of drug-likeness (QED) is 0.887. The van der Waals surface area contributed by atoms with E-state index in [-0.39, 0.29) is 5.91 Å². The zero-order valence-electron chi connectivity index (χ0n) is 11.9. The minimum Gasteiger partial charge on any atom is -0.497 e. The van der Waals surface area contributed by atoms with Crippen molar-refractivity contribution >= 4 is 11.6 Å². The third-order valence-corrected chi connectivity index (χ3v) is 4.42. The summed E-state index contributed by atoms with van der Waals surface area (Å²) < 4.78 is 5.11. The van der Waals surface area contributed by atoms with Gasteiger partial charge >= 0.3 is 0 Å². The number of ether oxygens (including phenoxy) is 1. The van der Waals surface area contributed by atoms with Gasteiger partial charge in [-0.1, -0.05) is 0 Å². The Morgan fingerprint density at radius 2 is 1.90 bits per heavy atom. The van der Waals surface area contributed by atoms with Gasteiger partial charge < -0.3 is 15.4 Å². The Morgan fingerprint density at radius 1 is 1.25 bits per heavy atom. The van der Waals surface area contributed by atoms with E-state index in [0.29, 0.717) is 24.4 Å². The van der Waals surface area contributed by atoms with Gasteiger partial charge in [0.1, 0.15) is 5.75 Å². The van der Waals surface area contributed by atoms with Crippen molar-refractivity contribution in [1.29, 1.82) is 0 Å². The molecule has 4 heteroatoms. The van der Waals surface area contributed by atoms with Gasteiger partial charge in [-0.25, -0.2) is 0 Å². The molecule has 2 aliphatic rings. The molecule has 2 saturated heterocycles. The zero-order chi connectivity index (χ0) is 13.9. The highest BCUT2D eigenvalue weighted by molar-refractivity contribution is 5.90. The molecule has 0 spiro atoms. The molecule has 0 saturated carbocycles. The number of fused-ring (bicyclic) bond motifs is 2. The number of hydrogen-bond donors (Lipinski definition) is 2. The average Bonchev–Trinajstić information content (AvgIpc) is 2.78. The molecular weight excluding hydrogens is 252 g/mol. The number of anilines is 1. The fourth-order valence-electron chi connectivity index (χ4n) is 3.49. The molecule has 2 aliphatic heterocycles. The molecular formula is C16H22N2O2. The highest BCUT2D eigenvalue weighted by Gasteiger charge is 2.34. The fourth-order valence-corrected chi connectivity index (χ4v) is 3.49. The molecule has 3 rings (SSSR count). The smallest absolute Gasteiger partial charge is 0.224 e. The second-order valence-electron chi connectivity index (χ2n) is 5.96. The molecule has 2 unspecified atom stereocenters. The van der Waals surface area contributed by atoms with E-state index in [1.54, 1.807) is 7.11 Å². The van der Waals surface area contributed by atoms with Crippen molar-refractivity contribution in [3.63, 3.8) is 0 Å². The molecule has 0 radical (unpaired) electrons. The van der Waals surface area contributed by atoms with Crippen LogP contribution in [-0.2, 0) is 4.79 Å². The second-order valence-corrected chi connectivity index (χ2v) is 5.96. The monoisotopic (exact) mass is 274 g/mol. The number of nitrogens with one attached hydrogen (secondary N) is 2. The molecule has 0 aromatic heterocycles. The summed E-state index contributed by atoms with van der Waals surface area (Å²) in [5.41, 5.74) is 0.840. The van der Waals surface area contributed by atoms with Crippen LogP contribution in [-0.4, -0.2) is 25.1 Å². The van der Waals surface area contributed by atoms with E-state index in [1.165, 1.54) is 12.8 Å². The Kier molecular flexibility index (Phi) is 3.92. The van der Waals surface area contributed by atoms with Crippen molar-refractivity contribution in [3.8, 4) is 5.75 Å². The summed E-state index contributed by atoms with van der Waals surface area (Å²) in [7, 11) is 1.64. The Hall–Kier alpha value is -1.55. The number of hydrogen-bond acceptors (Lipinski definition) is 3. The van der Waals surface area contributed by atoms with E-state index >= 15 is 0 Å². The lowest BCUT2D eigenvalue weighted by Crippen LogP contribution is -2.39. The van der Waals surface area contributed by atoms with Gasteiger partial charge in [0.05, 0.1) is 7.11 Å². The molecule has 2 heterocycles. The summed E-state index contributed by atoms with van der Waals surface area (Å²) in [6.45, 7) is 0. The number of methoxy groups -OCH3 is 1. The molecule has 2 bridgehead atoms. The lowest BCUT2D eigenvalue weighted by atomic mass is 9.89. The average molecular weight is 274 g/mol. The van der Waals surface area contributed by atoms with E-state index in [9.17, 15) is 4.79 Å². The molecule has 2 fully saturated rings. The maximum absolute atomic E-state index is 12.1. The van der Waals surface area contributed by atoms with Crippen LogP contribution in [0.25, 0.3) is 0 Å². The van der Waals surface area contributed by atoms with Gasteiger partial charge in [0.2, 0.25) is 5.91 Å². The Bertz CT molecular complexity index is 460. The summed E-state index contributed by atoms with van der Waals surface area (Å²) >= 11 is 0. The van der Waals surface area contributed by atoms with E-state index in [1.807, 2.05) is 24.3 Å². The van der Waals surface area contributed by atoms with Crippen molar-refractivity contribution in [1.82, 2.24) is 5.32 Å². The van der Waals surface area contributed by atoms with E-state index < -0.39 is 0 Å².